The van der Waals surface area contributed by atoms with E-state index in [9.17, 15) is 18.8 Å². The number of nitrogens with zero attached hydrogens (tertiary/aromatic N) is 4. The van der Waals surface area contributed by atoms with Crippen molar-refractivity contribution in [2.45, 2.75) is 12.2 Å². The smallest absolute Gasteiger partial charge is 0.437 e. The van der Waals surface area contributed by atoms with Gasteiger partial charge in [0.25, 0.3) is 5.91 Å². The number of carbonyl (C=O) groups is 2. The van der Waals surface area contributed by atoms with Crippen LogP contribution in [0.2, 0.25) is 0 Å². The Kier molecular flexibility index (Phi) is 5.87. The van der Waals surface area contributed by atoms with Gasteiger partial charge in [0.1, 0.15) is 6.17 Å². The van der Waals surface area contributed by atoms with E-state index in [-0.39, 0.29) is 31.0 Å². The number of ether oxygens (including phenoxy) is 3. The number of hydrogen-bond acceptors (Lipinski definition) is 9. The van der Waals surface area contributed by atoms with Gasteiger partial charge in [0.05, 0.1) is 42.4 Å². The molecule has 0 N–H and O–H groups in total. The first-order valence-electron chi connectivity index (χ1n) is 12.6. The van der Waals surface area contributed by atoms with Gasteiger partial charge in [0, 0.05) is 24.4 Å². The van der Waals surface area contributed by atoms with E-state index in [0.29, 0.717) is 16.1 Å². The first-order valence-corrected chi connectivity index (χ1v) is 13.5. The predicted octanol–water partition coefficient (Wildman–Crippen LogP) is 3.92. The lowest BCUT2D eigenvalue weighted by Gasteiger charge is -2.51. The van der Waals surface area contributed by atoms with Crippen molar-refractivity contribution in [2.24, 2.45) is 0 Å². The second kappa shape index (κ2) is 9.49. The van der Waals surface area contributed by atoms with Crippen molar-refractivity contribution >= 4 is 23.4 Å². The Morgan fingerprint density at radius 3 is 2.78 bits per heavy atom. The van der Waals surface area contributed by atoms with E-state index in [1.54, 1.807) is 10.5 Å². The minimum absolute atomic E-state index is 0.00347. The maximum atomic E-state index is 15.7. The molecule has 1 fully saturated rings. The fraction of sp³-hybridized carbons (Fsp3) is 0.214. The van der Waals surface area contributed by atoms with Crippen LogP contribution in [0.15, 0.2) is 59.0 Å². The molecule has 2 aromatic carbocycles. The predicted molar refractivity (Wildman–Crippen MR) is 142 cm³/mol. The van der Waals surface area contributed by atoms with Crippen molar-refractivity contribution in [1.29, 1.82) is 0 Å². The lowest BCUT2D eigenvalue weighted by atomic mass is 9.92. The second-order valence-electron chi connectivity index (χ2n) is 9.54. The number of fused-ring (bicyclic) bond motifs is 7. The maximum Gasteiger partial charge on any atom is 0.513 e. The molecule has 2 aliphatic heterocycles. The molecule has 2 aromatic heterocycles. The van der Waals surface area contributed by atoms with E-state index in [2.05, 4.69) is 9.72 Å². The molecule has 0 bridgehead atoms. The van der Waals surface area contributed by atoms with E-state index in [0.717, 1.165) is 30.4 Å². The molecule has 4 aromatic rings. The number of amides is 1. The van der Waals surface area contributed by atoms with E-state index in [1.807, 2.05) is 24.3 Å². The summed E-state index contributed by atoms with van der Waals surface area (Å²) in [7, 11) is 1.08. The summed E-state index contributed by atoms with van der Waals surface area (Å²) in [5.41, 5.74) is 2.83. The molecule has 1 saturated heterocycles. The van der Waals surface area contributed by atoms with Gasteiger partial charge in [-0.2, -0.15) is 0 Å². The molecule has 10 nitrogen and oxygen atoms in total. The highest BCUT2D eigenvalue weighted by Gasteiger charge is 2.47. The zero-order chi connectivity index (χ0) is 28.4. The third-order valence-electron chi connectivity index (χ3n) is 7.50. The molecule has 1 amide bonds. The summed E-state index contributed by atoms with van der Waals surface area (Å²) in [5.74, 6) is -3.14. The van der Waals surface area contributed by atoms with Gasteiger partial charge in [-0.1, -0.05) is 30.3 Å². The number of pyridine rings is 1. The molecule has 0 radical (unpaired) electrons. The minimum atomic E-state index is -1.17. The van der Waals surface area contributed by atoms with Crippen LogP contribution >= 0.6 is 11.3 Å². The molecular formula is C28H20F2N4O6S. The Labute approximate surface area is 234 Å². The molecule has 41 heavy (non-hydrogen) atoms. The van der Waals surface area contributed by atoms with Crippen molar-refractivity contribution in [2.75, 3.05) is 31.9 Å². The first-order chi connectivity index (χ1) is 19.9. The fourth-order valence-corrected chi connectivity index (χ4v) is 6.63. The molecule has 0 saturated carbocycles. The molecular weight excluding hydrogens is 558 g/mol. The third kappa shape index (κ3) is 3.69. The standard InChI is InChI=1S/C28H20F2N4O6S/c1-38-28(37)40-25-18(35)8-9-33-24(25)27(36)32-10-11-39-12-19(32)34(33)23-14-4-2-3-5-15(14)26-22(31-13-41-26)20-16(23)6-7-17(29)21(20)30/h2-9,13,19,23H,10-12H2,1H3/t19-,23?/m1/s1. The van der Waals surface area contributed by atoms with Gasteiger partial charge in [-0.15, -0.1) is 11.3 Å². The van der Waals surface area contributed by atoms with Crippen LogP contribution in [0.3, 0.4) is 0 Å². The molecule has 3 aliphatic rings. The van der Waals surface area contributed by atoms with Gasteiger partial charge >= 0.3 is 6.16 Å². The zero-order valence-corrected chi connectivity index (χ0v) is 22.2. The normalized spacial score (nSPS) is 18.9. The first kappa shape index (κ1) is 25.4. The molecule has 208 valence electrons. The number of morpholine rings is 1. The largest absolute Gasteiger partial charge is 0.513 e. The Hall–Kier alpha value is -4.62. The van der Waals surface area contributed by atoms with Crippen LogP contribution in [0, 0.1) is 11.6 Å². The minimum Gasteiger partial charge on any atom is -0.437 e. The quantitative estimate of drug-likeness (QED) is 0.330. The molecule has 1 aliphatic carbocycles. The van der Waals surface area contributed by atoms with Crippen LogP contribution in [-0.2, 0) is 9.47 Å². The highest BCUT2D eigenvalue weighted by atomic mass is 32.1. The van der Waals surface area contributed by atoms with Crippen molar-refractivity contribution in [3.63, 3.8) is 0 Å². The highest BCUT2D eigenvalue weighted by molar-refractivity contribution is 7.13. The summed E-state index contributed by atoms with van der Waals surface area (Å²) >= 11 is 1.30. The van der Waals surface area contributed by atoms with Crippen LogP contribution < -0.4 is 15.2 Å². The molecule has 0 spiro atoms. The lowest BCUT2D eigenvalue weighted by molar-refractivity contribution is -0.0197. The van der Waals surface area contributed by atoms with E-state index < -0.39 is 47.1 Å². The summed E-state index contributed by atoms with van der Waals surface area (Å²) in [6.07, 6.45) is -0.495. The van der Waals surface area contributed by atoms with Gasteiger partial charge in [-0.05, 0) is 22.8 Å². The van der Waals surface area contributed by atoms with Crippen molar-refractivity contribution in [3.8, 4) is 27.4 Å². The molecule has 4 heterocycles. The Bertz CT molecular complexity index is 1810. The fourth-order valence-electron chi connectivity index (χ4n) is 5.79. The number of benzene rings is 2. The van der Waals surface area contributed by atoms with E-state index in [1.165, 1.54) is 33.2 Å². The van der Waals surface area contributed by atoms with Crippen LogP contribution in [0.25, 0.3) is 21.7 Å². The van der Waals surface area contributed by atoms with Crippen LogP contribution in [-0.4, -0.2) is 59.7 Å². The topological polar surface area (TPSA) is 103 Å². The lowest BCUT2D eigenvalue weighted by Crippen LogP contribution is -2.66. The number of carbonyl (C=O) groups excluding carboxylic acids is 2. The number of thiazole rings is 1. The maximum absolute atomic E-state index is 15.7. The Morgan fingerprint density at radius 2 is 1.95 bits per heavy atom. The molecule has 1 unspecified atom stereocenters. The zero-order valence-electron chi connectivity index (χ0n) is 21.4. The van der Waals surface area contributed by atoms with Crippen LogP contribution in [0.5, 0.6) is 5.75 Å². The van der Waals surface area contributed by atoms with Gasteiger partial charge in [0.2, 0.25) is 11.2 Å². The number of halogens is 2. The average Bonchev–Trinajstić information content (AvgIpc) is 3.43. The second-order valence-corrected chi connectivity index (χ2v) is 10.4. The average molecular weight is 579 g/mol. The monoisotopic (exact) mass is 578 g/mol. The molecule has 7 rings (SSSR count). The summed E-state index contributed by atoms with van der Waals surface area (Å²) in [6.45, 7) is 0.496. The number of methoxy groups -OCH3 is 1. The van der Waals surface area contributed by atoms with Gasteiger partial charge in [-0.25, -0.2) is 18.6 Å². The summed E-state index contributed by atoms with van der Waals surface area (Å²) in [4.78, 5) is 45.5. The Morgan fingerprint density at radius 1 is 1.12 bits per heavy atom. The van der Waals surface area contributed by atoms with Gasteiger partial charge < -0.3 is 19.1 Å². The van der Waals surface area contributed by atoms with Gasteiger partial charge in [-0.3, -0.25) is 19.3 Å². The number of hydrogen-bond donors (Lipinski definition) is 0. The van der Waals surface area contributed by atoms with Crippen molar-refractivity contribution in [3.05, 3.63) is 92.9 Å². The van der Waals surface area contributed by atoms with Crippen molar-refractivity contribution < 1.29 is 32.6 Å². The number of aromatic nitrogens is 2. The third-order valence-corrected chi connectivity index (χ3v) is 8.36. The summed E-state index contributed by atoms with van der Waals surface area (Å²) < 4.78 is 47.5. The van der Waals surface area contributed by atoms with Gasteiger partial charge in [0.15, 0.2) is 17.3 Å². The Balaban J connectivity index is 1.56. The van der Waals surface area contributed by atoms with Crippen LogP contribution in [0.1, 0.15) is 27.7 Å². The van der Waals surface area contributed by atoms with Crippen LogP contribution in [0.4, 0.5) is 13.6 Å². The van der Waals surface area contributed by atoms with E-state index >= 15 is 4.39 Å². The SMILES string of the molecule is COC(=O)Oc1c2n(ccc1=O)N(C1c3ccccc3-c3scnc3-c3c1ccc(F)c3F)[C@@H]1COCCN1C2=O. The van der Waals surface area contributed by atoms with E-state index in [4.69, 9.17) is 9.47 Å². The summed E-state index contributed by atoms with van der Waals surface area (Å²) in [6, 6.07) is 10.3. The molecule has 13 heteroatoms. The molecule has 2 atom stereocenters. The highest BCUT2D eigenvalue weighted by Crippen LogP contribution is 2.50. The number of rotatable bonds is 2. The van der Waals surface area contributed by atoms with Crippen molar-refractivity contribution in [1.82, 2.24) is 14.6 Å². The summed E-state index contributed by atoms with van der Waals surface area (Å²) in [5, 5.41) is 1.77.